The number of benzene rings is 1. The van der Waals surface area contributed by atoms with E-state index in [4.69, 9.17) is 0 Å². The first kappa shape index (κ1) is 13.1. The molecule has 2 aromatic rings. The third-order valence-electron chi connectivity index (χ3n) is 2.20. The lowest BCUT2D eigenvalue weighted by Gasteiger charge is -2.11. The zero-order valence-corrected chi connectivity index (χ0v) is 13.5. The van der Waals surface area contributed by atoms with Gasteiger partial charge < -0.3 is 5.32 Å². The van der Waals surface area contributed by atoms with Crippen molar-refractivity contribution >= 4 is 53.5 Å². The van der Waals surface area contributed by atoms with Crippen molar-refractivity contribution in [2.75, 3.05) is 5.32 Å². The van der Waals surface area contributed by atoms with Crippen LogP contribution in [0.4, 0.5) is 5.69 Å². The molecule has 1 heterocycles. The second-order valence-electron chi connectivity index (χ2n) is 3.46. The monoisotopic (exact) mass is 418 g/mol. The molecule has 0 radical (unpaired) electrons. The fourth-order valence-corrected chi connectivity index (χ4v) is 3.94. The van der Waals surface area contributed by atoms with Gasteiger partial charge in [-0.15, -0.1) is 0 Å². The summed E-state index contributed by atoms with van der Waals surface area (Å²) in [6, 6.07) is 8.00. The van der Waals surface area contributed by atoms with Crippen LogP contribution in [0.1, 0.15) is 5.56 Å². The smallest absolute Gasteiger partial charge is 0.0632 e. The Morgan fingerprint density at radius 1 is 1.12 bits per heavy atom. The maximum atomic E-state index is 4.08. The topological polar surface area (TPSA) is 24.9 Å². The van der Waals surface area contributed by atoms with E-state index in [-0.39, 0.29) is 0 Å². The standard InChI is InChI=1S/C12H9Br3N2/c13-9-4-10(14)12(11(15)5-9)17-7-8-2-1-3-16-6-8/h1-6,17H,7H2. The molecule has 17 heavy (non-hydrogen) atoms. The largest absolute Gasteiger partial charge is 0.379 e. The van der Waals surface area contributed by atoms with E-state index in [2.05, 4.69) is 58.1 Å². The van der Waals surface area contributed by atoms with E-state index >= 15 is 0 Å². The van der Waals surface area contributed by atoms with Gasteiger partial charge in [-0.1, -0.05) is 22.0 Å². The summed E-state index contributed by atoms with van der Waals surface area (Å²) in [6.07, 6.45) is 3.63. The summed E-state index contributed by atoms with van der Waals surface area (Å²) >= 11 is 10.5. The van der Waals surface area contributed by atoms with E-state index in [0.717, 1.165) is 31.2 Å². The predicted octanol–water partition coefficient (Wildman–Crippen LogP) is 4.98. The van der Waals surface area contributed by atoms with Crippen molar-refractivity contribution in [3.63, 3.8) is 0 Å². The van der Waals surface area contributed by atoms with Crippen molar-refractivity contribution in [2.45, 2.75) is 6.54 Å². The van der Waals surface area contributed by atoms with Crippen LogP contribution >= 0.6 is 47.8 Å². The maximum absolute atomic E-state index is 4.08. The summed E-state index contributed by atoms with van der Waals surface area (Å²) in [5, 5.41) is 3.37. The van der Waals surface area contributed by atoms with Crippen molar-refractivity contribution in [3.8, 4) is 0 Å². The minimum Gasteiger partial charge on any atom is -0.379 e. The lowest BCUT2D eigenvalue weighted by molar-refractivity contribution is 1.11. The van der Waals surface area contributed by atoms with Crippen molar-refractivity contribution in [3.05, 3.63) is 55.6 Å². The van der Waals surface area contributed by atoms with Crippen LogP contribution in [0.2, 0.25) is 0 Å². The first-order chi connectivity index (χ1) is 8.16. The lowest BCUT2D eigenvalue weighted by Crippen LogP contribution is -2.01. The fraction of sp³-hybridized carbons (Fsp3) is 0.0833. The van der Waals surface area contributed by atoms with Crippen molar-refractivity contribution in [1.82, 2.24) is 4.98 Å². The molecule has 1 N–H and O–H groups in total. The molecule has 0 bridgehead atoms. The Balaban J connectivity index is 2.15. The molecule has 0 saturated carbocycles. The number of rotatable bonds is 3. The molecule has 1 aromatic heterocycles. The summed E-state index contributed by atoms with van der Waals surface area (Å²) in [6.45, 7) is 0.743. The third-order valence-corrected chi connectivity index (χ3v) is 3.91. The molecule has 5 heteroatoms. The van der Waals surface area contributed by atoms with Gasteiger partial charge in [-0.05, 0) is 55.6 Å². The molecule has 0 atom stereocenters. The Morgan fingerprint density at radius 2 is 1.82 bits per heavy atom. The minimum absolute atomic E-state index is 0.743. The van der Waals surface area contributed by atoms with Gasteiger partial charge in [0, 0.05) is 32.4 Å². The van der Waals surface area contributed by atoms with Crippen LogP contribution in [0.3, 0.4) is 0 Å². The maximum Gasteiger partial charge on any atom is 0.0632 e. The molecular formula is C12H9Br3N2. The Bertz CT molecular complexity index is 491. The van der Waals surface area contributed by atoms with Crippen LogP contribution < -0.4 is 5.32 Å². The van der Waals surface area contributed by atoms with Crippen LogP contribution in [-0.4, -0.2) is 4.98 Å². The van der Waals surface area contributed by atoms with E-state index in [9.17, 15) is 0 Å². The summed E-state index contributed by atoms with van der Waals surface area (Å²) in [4.78, 5) is 4.08. The van der Waals surface area contributed by atoms with Gasteiger partial charge in [0.2, 0.25) is 0 Å². The number of nitrogens with one attached hydrogen (secondary N) is 1. The lowest BCUT2D eigenvalue weighted by atomic mass is 10.2. The molecule has 2 rings (SSSR count). The van der Waals surface area contributed by atoms with Crippen LogP contribution in [-0.2, 0) is 6.54 Å². The van der Waals surface area contributed by atoms with Gasteiger partial charge in [0.05, 0.1) is 5.69 Å². The Morgan fingerprint density at radius 3 is 2.41 bits per heavy atom. The Labute approximate surface area is 125 Å². The number of pyridine rings is 1. The summed E-state index contributed by atoms with van der Waals surface area (Å²) in [7, 11) is 0. The second-order valence-corrected chi connectivity index (χ2v) is 6.08. The van der Waals surface area contributed by atoms with Gasteiger partial charge in [-0.25, -0.2) is 0 Å². The first-order valence-corrected chi connectivity index (χ1v) is 7.32. The van der Waals surface area contributed by atoms with Crippen LogP contribution in [0.25, 0.3) is 0 Å². The van der Waals surface area contributed by atoms with Crippen LogP contribution in [0.5, 0.6) is 0 Å². The van der Waals surface area contributed by atoms with Crippen LogP contribution in [0, 0.1) is 0 Å². The highest BCUT2D eigenvalue weighted by Crippen LogP contribution is 2.34. The molecule has 0 spiro atoms. The highest BCUT2D eigenvalue weighted by molar-refractivity contribution is 9.11. The van der Waals surface area contributed by atoms with Crippen molar-refractivity contribution < 1.29 is 0 Å². The fourth-order valence-electron chi connectivity index (χ4n) is 1.40. The molecule has 1 aromatic carbocycles. The average molecular weight is 421 g/mol. The Kier molecular flexibility index (Phi) is 4.59. The van der Waals surface area contributed by atoms with Gasteiger partial charge in [0.15, 0.2) is 0 Å². The molecule has 0 unspecified atom stereocenters. The van der Waals surface area contributed by atoms with E-state index in [1.54, 1.807) is 6.20 Å². The minimum atomic E-state index is 0.743. The molecule has 0 aliphatic rings. The molecular weight excluding hydrogens is 412 g/mol. The molecule has 0 saturated heterocycles. The molecule has 88 valence electrons. The number of hydrogen-bond acceptors (Lipinski definition) is 2. The number of aromatic nitrogens is 1. The zero-order valence-electron chi connectivity index (χ0n) is 8.75. The van der Waals surface area contributed by atoms with Gasteiger partial charge >= 0.3 is 0 Å². The Hall–Kier alpha value is -0.390. The van der Waals surface area contributed by atoms with Gasteiger partial charge in [-0.3, -0.25) is 4.98 Å². The zero-order chi connectivity index (χ0) is 12.3. The van der Waals surface area contributed by atoms with Crippen molar-refractivity contribution in [1.29, 1.82) is 0 Å². The molecule has 0 fully saturated rings. The van der Waals surface area contributed by atoms with Gasteiger partial charge in [0.1, 0.15) is 0 Å². The highest BCUT2D eigenvalue weighted by atomic mass is 79.9. The van der Waals surface area contributed by atoms with E-state index < -0.39 is 0 Å². The van der Waals surface area contributed by atoms with Gasteiger partial charge in [-0.2, -0.15) is 0 Å². The number of halogens is 3. The quantitative estimate of drug-likeness (QED) is 0.757. The molecule has 0 aliphatic carbocycles. The third kappa shape index (κ3) is 3.53. The molecule has 0 aliphatic heterocycles. The SMILES string of the molecule is Brc1cc(Br)c(NCc2cccnc2)c(Br)c1. The van der Waals surface area contributed by atoms with Crippen molar-refractivity contribution in [2.24, 2.45) is 0 Å². The molecule has 0 amide bonds. The number of hydrogen-bond donors (Lipinski definition) is 1. The first-order valence-electron chi connectivity index (χ1n) is 4.94. The van der Waals surface area contributed by atoms with E-state index in [1.165, 1.54) is 0 Å². The average Bonchev–Trinajstić information content (AvgIpc) is 2.29. The summed E-state index contributed by atoms with van der Waals surface area (Å²) < 4.78 is 3.06. The summed E-state index contributed by atoms with van der Waals surface area (Å²) in [5.74, 6) is 0. The second kappa shape index (κ2) is 5.98. The van der Waals surface area contributed by atoms with Gasteiger partial charge in [0.25, 0.3) is 0 Å². The number of nitrogens with zero attached hydrogens (tertiary/aromatic N) is 1. The van der Waals surface area contributed by atoms with E-state index in [1.807, 2.05) is 30.5 Å². The molecule has 2 nitrogen and oxygen atoms in total. The highest BCUT2D eigenvalue weighted by Gasteiger charge is 2.06. The predicted molar refractivity (Wildman–Crippen MR) is 81.1 cm³/mol. The van der Waals surface area contributed by atoms with E-state index in [0.29, 0.717) is 0 Å². The number of anilines is 1. The van der Waals surface area contributed by atoms with Crippen LogP contribution in [0.15, 0.2) is 50.1 Å². The normalized spacial score (nSPS) is 10.3. The summed E-state index contributed by atoms with van der Waals surface area (Å²) in [5.41, 5.74) is 2.19.